The maximum atomic E-state index is 13.6. The maximum absolute atomic E-state index is 13.6. The third-order valence-corrected chi connectivity index (χ3v) is 4.14. The average molecular weight is 328 g/mol. The Morgan fingerprint density at radius 1 is 1.17 bits per heavy atom. The van der Waals surface area contributed by atoms with Crippen molar-refractivity contribution in [3.8, 4) is 0 Å². The number of hydrogen-bond donors (Lipinski definition) is 2. The molecule has 2 aromatic rings. The minimum absolute atomic E-state index is 0.0101. The van der Waals surface area contributed by atoms with Crippen molar-refractivity contribution in [2.75, 3.05) is 11.4 Å². The Hall–Kier alpha value is -2.73. The second kappa shape index (κ2) is 6.41. The van der Waals surface area contributed by atoms with E-state index in [1.165, 1.54) is 17.0 Å². The van der Waals surface area contributed by atoms with Crippen LogP contribution in [0.25, 0.3) is 0 Å². The largest absolute Gasteiger partial charge is 0.372 e. The Kier molecular flexibility index (Phi) is 4.31. The molecule has 0 aromatic heterocycles. The fraction of sp³-hybridized carbons (Fsp3) is 0.222. The Morgan fingerprint density at radius 3 is 2.54 bits per heavy atom. The highest BCUT2D eigenvalue weighted by Gasteiger charge is 2.51. The van der Waals surface area contributed by atoms with Gasteiger partial charge in [0.2, 0.25) is 5.60 Å². The lowest BCUT2D eigenvalue weighted by molar-refractivity contribution is -0.149. The lowest BCUT2D eigenvalue weighted by Crippen LogP contribution is -2.52. The van der Waals surface area contributed by atoms with Gasteiger partial charge >= 0.3 is 0 Å². The van der Waals surface area contributed by atoms with Gasteiger partial charge in [0.1, 0.15) is 5.82 Å². The summed E-state index contributed by atoms with van der Waals surface area (Å²) in [6.45, 7) is 0.152. The highest BCUT2D eigenvalue weighted by Crippen LogP contribution is 2.28. The first-order valence-electron chi connectivity index (χ1n) is 7.63. The van der Waals surface area contributed by atoms with Gasteiger partial charge in [-0.05, 0) is 18.2 Å². The summed E-state index contributed by atoms with van der Waals surface area (Å²) in [5.41, 5.74) is -1.21. The van der Waals surface area contributed by atoms with Crippen LogP contribution in [0.5, 0.6) is 0 Å². The van der Waals surface area contributed by atoms with E-state index in [-0.39, 0.29) is 19.5 Å². The molecule has 2 N–H and O–H groups in total. The second-order valence-corrected chi connectivity index (χ2v) is 5.68. The summed E-state index contributed by atoms with van der Waals surface area (Å²) < 4.78 is 13.6. The van der Waals surface area contributed by atoms with Gasteiger partial charge in [-0.15, -0.1) is 0 Å². The van der Waals surface area contributed by atoms with Gasteiger partial charge in [0, 0.05) is 30.8 Å². The molecule has 0 aliphatic carbocycles. The lowest BCUT2D eigenvalue weighted by atomic mass is 10.0. The number of rotatable bonds is 4. The van der Waals surface area contributed by atoms with Crippen LogP contribution in [-0.4, -0.2) is 29.1 Å². The molecule has 24 heavy (non-hydrogen) atoms. The molecule has 1 aliphatic rings. The Balaban J connectivity index is 1.71. The molecule has 5 nitrogen and oxygen atoms in total. The van der Waals surface area contributed by atoms with E-state index in [9.17, 15) is 19.1 Å². The minimum atomic E-state index is -2.12. The van der Waals surface area contributed by atoms with Crippen LogP contribution >= 0.6 is 0 Å². The molecule has 1 saturated heterocycles. The van der Waals surface area contributed by atoms with Crippen LogP contribution < -0.4 is 10.2 Å². The molecule has 0 unspecified atom stereocenters. The molecular formula is C18H17FN2O3. The van der Waals surface area contributed by atoms with E-state index in [0.717, 1.165) is 0 Å². The number of carbonyl (C=O) groups excluding carboxylic acids is 2. The third-order valence-electron chi connectivity index (χ3n) is 4.14. The van der Waals surface area contributed by atoms with Crippen molar-refractivity contribution in [2.24, 2.45) is 0 Å². The van der Waals surface area contributed by atoms with Crippen molar-refractivity contribution in [2.45, 2.75) is 18.6 Å². The summed E-state index contributed by atoms with van der Waals surface area (Å²) in [6.07, 6.45) is -0.0101. The Morgan fingerprint density at radius 2 is 1.83 bits per heavy atom. The van der Waals surface area contributed by atoms with Crippen LogP contribution in [0.15, 0.2) is 54.6 Å². The van der Waals surface area contributed by atoms with E-state index in [1.54, 1.807) is 36.4 Å². The van der Waals surface area contributed by atoms with Crippen molar-refractivity contribution in [3.63, 3.8) is 0 Å². The van der Waals surface area contributed by atoms with Crippen molar-refractivity contribution < 1.29 is 19.1 Å². The molecule has 1 fully saturated rings. The molecule has 2 amide bonds. The Labute approximate surface area is 138 Å². The van der Waals surface area contributed by atoms with Gasteiger partial charge in [-0.1, -0.05) is 36.4 Å². The standard InChI is InChI=1S/C18H17FN2O3/c19-15-9-5-4-6-13(15)12-20-16(22)18(24)10-11-21(17(18)23)14-7-2-1-3-8-14/h1-9,24H,10-12H2,(H,20,22)/t18-/m0/s1. The molecule has 1 heterocycles. The molecular weight excluding hydrogens is 311 g/mol. The van der Waals surface area contributed by atoms with Crippen LogP contribution in [0.2, 0.25) is 0 Å². The van der Waals surface area contributed by atoms with Gasteiger partial charge in [0.25, 0.3) is 11.8 Å². The number of para-hydroxylation sites is 1. The van der Waals surface area contributed by atoms with Gasteiger partial charge in [0.05, 0.1) is 0 Å². The number of halogens is 1. The number of hydrogen-bond acceptors (Lipinski definition) is 3. The topological polar surface area (TPSA) is 69.6 Å². The van der Waals surface area contributed by atoms with E-state index >= 15 is 0 Å². The quantitative estimate of drug-likeness (QED) is 0.838. The third kappa shape index (κ3) is 2.88. The van der Waals surface area contributed by atoms with Crippen LogP contribution in [0.4, 0.5) is 10.1 Å². The monoisotopic (exact) mass is 328 g/mol. The molecule has 124 valence electrons. The highest BCUT2D eigenvalue weighted by atomic mass is 19.1. The zero-order valence-corrected chi connectivity index (χ0v) is 12.9. The molecule has 2 aromatic carbocycles. The number of nitrogens with one attached hydrogen (secondary N) is 1. The number of nitrogens with zero attached hydrogens (tertiary/aromatic N) is 1. The molecule has 6 heteroatoms. The lowest BCUT2D eigenvalue weighted by Gasteiger charge is -2.21. The van der Waals surface area contributed by atoms with Crippen LogP contribution in [0, 0.1) is 5.82 Å². The van der Waals surface area contributed by atoms with Gasteiger partial charge < -0.3 is 15.3 Å². The normalized spacial score (nSPS) is 20.2. The zero-order chi connectivity index (χ0) is 17.2. The van der Waals surface area contributed by atoms with Crippen LogP contribution in [-0.2, 0) is 16.1 Å². The molecule has 3 rings (SSSR count). The fourth-order valence-corrected chi connectivity index (χ4v) is 2.73. The van der Waals surface area contributed by atoms with Gasteiger partial charge in [0.15, 0.2) is 0 Å². The Bertz CT molecular complexity index is 766. The first kappa shape index (κ1) is 16.1. The van der Waals surface area contributed by atoms with Crippen molar-refractivity contribution in [3.05, 3.63) is 66.0 Å². The van der Waals surface area contributed by atoms with Crippen molar-refractivity contribution in [1.82, 2.24) is 5.32 Å². The summed E-state index contributed by atoms with van der Waals surface area (Å²) in [7, 11) is 0. The molecule has 0 saturated carbocycles. The SMILES string of the molecule is O=C(NCc1ccccc1F)[C@@]1(O)CCN(c2ccccc2)C1=O. The van der Waals surface area contributed by atoms with E-state index in [4.69, 9.17) is 0 Å². The van der Waals surface area contributed by atoms with Crippen LogP contribution in [0.1, 0.15) is 12.0 Å². The number of benzene rings is 2. The maximum Gasteiger partial charge on any atom is 0.268 e. The summed E-state index contributed by atoms with van der Waals surface area (Å²) in [5.74, 6) is -1.93. The number of aliphatic hydroxyl groups is 1. The zero-order valence-electron chi connectivity index (χ0n) is 12.9. The number of anilines is 1. The fourth-order valence-electron chi connectivity index (χ4n) is 2.73. The number of carbonyl (C=O) groups is 2. The summed E-state index contributed by atoms with van der Waals surface area (Å²) in [5, 5.41) is 13.0. The number of amides is 2. The van der Waals surface area contributed by atoms with E-state index < -0.39 is 23.2 Å². The van der Waals surface area contributed by atoms with E-state index in [0.29, 0.717) is 11.3 Å². The smallest absolute Gasteiger partial charge is 0.268 e. The first-order valence-corrected chi connectivity index (χ1v) is 7.63. The summed E-state index contributed by atoms with van der Waals surface area (Å²) >= 11 is 0. The molecule has 0 radical (unpaired) electrons. The predicted octanol–water partition coefficient (Wildman–Crippen LogP) is 1.61. The van der Waals surface area contributed by atoms with Gasteiger partial charge in [-0.3, -0.25) is 9.59 Å². The van der Waals surface area contributed by atoms with Gasteiger partial charge in [-0.25, -0.2) is 4.39 Å². The van der Waals surface area contributed by atoms with Crippen molar-refractivity contribution >= 4 is 17.5 Å². The van der Waals surface area contributed by atoms with E-state index in [1.807, 2.05) is 6.07 Å². The summed E-state index contributed by atoms with van der Waals surface area (Å²) in [6, 6.07) is 14.9. The molecule has 0 spiro atoms. The molecule has 1 atom stereocenters. The minimum Gasteiger partial charge on any atom is -0.372 e. The predicted molar refractivity (Wildman–Crippen MR) is 86.6 cm³/mol. The molecule has 1 aliphatic heterocycles. The second-order valence-electron chi connectivity index (χ2n) is 5.68. The van der Waals surface area contributed by atoms with E-state index in [2.05, 4.69) is 5.32 Å². The highest BCUT2D eigenvalue weighted by molar-refractivity contribution is 6.16. The van der Waals surface area contributed by atoms with Gasteiger partial charge in [-0.2, -0.15) is 0 Å². The van der Waals surface area contributed by atoms with Crippen LogP contribution in [0.3, 0.4) is 0 Å². The average Bonchev–Trinajstić information content (AvgIpc) is 2.91. The first-order chi connectivity index (χ1) is 11.5. The van der Waals surface area contributed by atoms with Crippen molar-refractivity contribution in [1.29, 1.82) is 0 Å². The summed E-state index contributed by atoms with van der Waals surface area (Å²) in [4.78, 5) is 26.2. The molecule has 0 bridgehead atoms.